The van der Waals surface area contributed by atoms with E-state index in [9.17, 15) is 26.4 Å². The van der Waals surface area contributed by atoms with Gasteiger partial charge in [-0.25, -0.2) is 4.79 Å². The zero-order valence-electron chi connectivity index (χ0n) is 12.8. The van der Waals surface area contributed by atoms with Crippen LogP contribution in [0.3, 0.4) is 0 Å². The summed E-state index contributed by atoms with van der Waals surface area (Å²) in [7, 11) is 0.0809. The molecule has 1 aliphatic rings. The number of carbonyl (C=O) groups is 1. The molecule has 1 aliphatic carbocycles. The summed E-state index contributed by atoms with van der Waals surface area (Å²) in [5.41, 5.74) is -4.98. The summed E-state index contributed by atoms with van der Waals surface area (Å²) in [5, 5.41) is 0. The number of hydrogen-bond acceptors (Lipinski definition) is 5. The van der Waals surface area contributed by atoms with Crippen molar-refractivity contribution < 1.29 is 35.3 Å². The average molecular weight is 362 g/mol. The molecule has 0 atom stereocenters. The van der Waals surface area contributed by atoms with Crippen molar-refractivity contribution >= 4 is 29.4 Å². The van der Waals surface area contributed by atoms with Crippen LogP contribution in [0.1, 0.15) is 41.3 Å². The largest absolute Gasteiger partial charge is 0.534 e. The van der Waals surface area contributed by atoms with E-state index < -0.39 is 27.3 Å². The molecule has 0 amide bonds. The van der Waals surface area contributed by atoms with Gasteiger partial charge in [-0.3, -0.25) is 0 Å². The normalized spacial score (nSPS) is 14.8. The molecule has 1 aromatic carbocycles. The van der Waals surface area contributed by atoms with Crippen LogP contribution in [0.5, 0.6) is 5.75 Å². The van der Waals surface area contributed by atoms with Crippen LogP contribution in [0.2, 0.25) is 0 Å². The molecule has 0 aliphatic heterocycles. The highest BCUT2D eigenvalue weighted by atomic mass is 32.2. The zero-order chi connectivity index (χ0) is 18.1. The molecule has 0 bridgehead atoms. The molecule has 0 saturated heterocycles. The summed E-state index contributed by atoms with van der Waals surface area (Å²) in [4.78, 5) is 11.9. The zero-order valence-corrected chi connectivity index (χ0v) is 13.6. The van der Waals surface area contributed by atoms with Gasteiger partial charge >= 0.3 is 21.6 Å². The van der Waals surface area contributed by atoms with Gasteiger partial charge in [0.1, 0.15) is 13.6 Å². The van der Waals surface area contributed by atoms with E-state index in [1.54, 1.807) is 6.92 Å². The van der Waals surface area contributed by atoms with Crippen molar-refractivity contribution in [3.63, 3.8) is 0 Å². The number of ether oxygens (including phenoxy) is 1. The molecule has 0 N–H and O–H groups in total. The third kappa shape index (κ3) is 3.53. The van der Waals surface area contributed by atoms with E-state index in [0.29, 0.717) is 24.8 Å². The lowest BCUT2D eigenvalue weighted by Gasteiger charge is -2.23. The second kappa shape index (κ2) is 6.66. The maximum absolute atomic E-state index is 12.6. The van der Waals surface area contributed by atoms with Crippen molar-refractivity contribution in [1.29, 1.82) is 0 Å². The number of carbonyl (C=O) groups excluding carboxylic acids is 1. The van der Waals surface area contributed by atoms with E-state index in [-0.39, 0.29) is 23.2 Å². The summed E-state index contributed by atoms with van der Waals surface area (Å²) in [5.74, 6) is -1.38. The first-order valence-corrected chi connectivity index (χ1v) is 8.61. The Hall–Kier alpha value is -1.71. The summed E-state index contributed by atoms with van der Waals surface area (Å²) in [6, 6.07) is 0.904. The monoisotopic (exact) mass is 362 g/mol. The number of esters is 1. The molecule has 24 heavy (non-hydrogen) atoms. The second-order valence-electron chi connectivity index (χ2n) is 5.20. The third-order valence-corrected chi connectivity index (χ3v) is 4.60. The van der Waals surface area contributed by atoms with Crippen LogP contribution >= 0.6 is 0 Å². The molecule has 10 heteroatoms. The van der Waals surface area contributed by atoms with Crippen LogP contribution in [0.4, 0.5) is 13.2 Å². The second-order valence-corrected chi connectivity index (χ2v) is 6.74. The highest BCUT2D eigenvalue weighted by Crippen LogP contribution is 2.34. The first-order chi connectivity index (χ1) is 11.1. The number of alkyl halides is 3. The SMILES string of the molecule is [B]c1c(C(=O)OCC)cc(OS(=O)(=O)C(F)(F)F)c2c1CCCC2. The summed E-state index contributed by atoms with van der Waals surface area (Å²) >= 11 is 0. The van der Waals surface area contributed by atoms with Crippen LogP contribution < -0.4 is 9.65 Å². The molecule has 2 rings (SSSR count). The third-order valence-electron chi connectivity index (χ3n) is 3.63. The Morgan fingerprint density at radius 1 is 1.25 bits per heavy atom. The highest BCUT2D eigenvalue weighted by Gasteiger charge is 2.49. The molecular formula is C14H14BF3O5S. The lowest BCUT2D eigenvalue weighted by atomic mass is 9.77. The Labute approximate surface area is 138 Å². The number of rotatable bonds is 4. The van der Waals surface area contributed by atoms with E-state index in [4.69, 9.17) is 12.6 Å². The topological polar surface area (TPSA) is 69.7 Å². The lowest BCUT2D eigenvalue weighted by molar-refractivity contribution is -0.0500. The molecule has 5 nitrogen and oxygen atoms in total. The predicted octanol–water partition coefficient (Wildman–Crippen LogP) is 1.76. The van der Waals surface area contributed by atoms with Gasteiger partial charge in [-0.05, 0) is 49.8 Å². The molecule has 0 aromatic heterocycles. The molecule has 0 heterocycles. The van der Waals surface area contributed by atoms with Crippen LogP contribution in [-0.4, -0.2) is 34.3 Å². The molecule has 130 valence electrons. The van der Waals surface area contributed by atoms with Crippen LogP contribution in [0, 0.1) is 0 Å². The Balaban J connectivity index is 2.58. The van der Waals surface area contributed by atoms with Crippen LogP contribution in [0.25, 0.3) is 0 Å². The summed E-state index contributed by atoms with van der Waals surface area (Å²) in [6.45, 7) is 1.59. The predicted molar refractivity (Wildman–Crippen MR) is 80.0 cm³/mol. The van der Waals surface area contributed by atoms with Gasteiger partial charge in [0.2, 0.25) is 0 Å². The average Bonchev–Trinajstić information content (AvgIpc) is 2.49. The number of halogens is 3. The number of hydrogen-bond donors (Lipinski definition) is 0. The van der Waals surface area contributed by atoms with Crippen molar-refractivity contribution in [2.75, 3.05) is 6.61 Å². The smallest absolute Gasteiger partial charge is 0.462 e. The lowest BCUT2D eigenvalue weighted by Crippen LogP contribution is -2.31. The van der Waals surface area contributed by atoms with Gasteiger partial charge in [-0.1, -0.05) is 5.46 Å². The summed E-state index contributed by atoms with van der Waals surface area (Å²) in [6.07, 6.45) is 2.09. The molecule has 0 fully saturated rings. The molecule has 1 aromatic rings. The van der Waals surface area contributed by atoms with Crippen molar-refractivity contribution in [2.45, 2.75) is 38.1 Å². The van der Waals surface area contributed by atoms with E-state index in [0.717, 1.165) is 12.5 Å². The molecule has 2 radical (unpaired) electrons. The van der Waals surface area contributed by atoms with Gasteiger partial charge in [-0.2, -0.15) is 21.6 Å². The molecular weight excluding hydrogens is 348 g/mol. The Bertz CT molecular complexity index is 759. The fraction of sp³-hybridized carbons (Fsp3) is 0.500. The molecule has 0 spiro atoms. The van der Waals surface area contributed by atoms with Crippen molar-refractivity contribution in [3.8, 4) is 5.75 Å². The van der Waals surface area contributed by atoms with Gasteiger partial charge in [-0.15, -0.1) is 0 Å². The van der Waals surface area contributed by atoms with Gasteiger partial charge < -0.3 is 8.92 Å². The Morgan fingerprint density at radius 3 is 2.38 bits per heavy atom. The Kier molecular flexibility index (Phi) is 5.17. The van der Waals surface area contributed by atoms with E-state index in [1.165, 1.54) is 0 Å². The summed E-state index contributed by atoms with van der Waals surface area (Å²) < 4.78 is 69.4. The minimum absolute atomic E-state index is 0.0341. The fourth-order valence-electron chi connectivity index (χ4n) is 2.55. The number of fused-ring (bicyclic) bond motifs is 1. The fourth-order valence-corrected chi connectivity index (χ4v) is 3.03. The standard InChI is InChI=1S/C14H14BF3O5S/c1-2-22-13(19)10-7-11(23-24(20,21)14(16,17)18)8-5-3-4-6-9(8)12(10)15/h7H,2-6H2,1H3. The van der Waals surface area contributed by atoms with Crippen LogP contribution in [0.15, 0.2) is 6.07 Å². The highest BCUT2D eigenvalue weighted by molar-refractivity contribution is 7.88. The van der Waals surface area contributed by atoms with E-state index >= 15 is 0 Å². The first-order valence-electron chi connectivity index (χ1n) is 7.20. The van der Waals surface area contributed by atoms with Gasteiger partial charge in [0.05, 0.1) is 12.2 Å². The maximum Gasteiger partial charge on any atom is 0.534 e. The number of benzene rings is 1. The quantitative estimate of drug-likeness (QED) is 0.353. The molecule has 0 unspecified atom stereocenters. The van der Waals surface area contributed by atoms with Crippen molar-refractivity contribution in [2.24, 2.45) is 0 Å². The van der Waals surface area contributed by atoms with Gasteiger partial charge in [0.15, 0.2) is 0 Å². The van der Waals surface area contributed by atoms with Crippen LogP contribution in [-0.2, 0) is 27.7 Å². The maximum atomic E-state index is 12.6. The minimum Gasteiger partial charge on any atom is -0.462 e. The van der Waals surface area contributed by atoms with Crippen molar-refractivity contribution in [1.82, 2.24) is 0 Å². The van der Waals surface area contributed by atoms with E-state index in [2.05, 4.69) is 4.18 Å². The van der Waals surface area contributed by atoms with E-state index in [1.807, 2.05) is 0 Å². The molecule has 0 saturated carbocycles. The first kappa shape index (κ1) is 18.6. The Morgan fingerprint density at radius 2 is 1.83 bits per heavy atom. The van der Waals surface area contributed by atoms with Gasteiger partial charge in [0, 0.05) is 0 Å². The van der Waals surface area contributed by atoms with Gasteiger partial charge in [0.25, 0.3) is 0 Å². The minimum atomic E-state index is -5.84. The van der Waals surface area contributed by atoms with Crippen molar-refractivity contribution in [3.05, 3.63) is 22.8 Å².